The van der Waals surface area contributed by atoms with Crippen LogP contribution >= 0.6 is 11.6 Å². The average Bonchev–Trinajstić information content (AvgIpc) is 3.53. The molecule has 2 heterocycles. The van der Waals surface area contributed by atoms with Crippen molar-refractivity contribution in [1.29, 1.82) is 0 Å². The summed E-state index contributed by atoms with van der Waals surface area (Å²) in [5, 5.41) is 3.22. The van der Waals surface area contributed by atoms with E-state index < -0.39 is 0 Å². The van der Waals surface area contributed by atoms with Crippen LogP contribution in [0.1, 0.15) is 22.0 Å². The highest BCUT2D eigenvalue weighted by Gasteiger charge is 2.35. The molecule has 1 amide bonds. The van der Waals surface area contributed by atoms with Crippen LogP contribution in [-0.4, -0.2) is 37.5 Å². The van der Waals surface area contributed by atoms with E-state index in [4.69, 9.17) is 16.3 Å². The number of para-hydroxylation sites is 1. The third kappa shape index (κ3) is 3.59. The third-order valence-electron chi connectivity index (χ3n) is 7.14. The van der Waals surface area contributed by atoms with Crippen LogP contribution in [0.4, 0.5) is 17.1 Å². The number of hydrogen-bond acceptors (Lipinski definition) is 3. The number of nitrogens with zero attached hydrogens (tertiary/aromatic N) is 2. The Kier molecular flexibility index (Phi) is 5.57. The van der Waals surface area contributed by atoms with Gasteiger partial charge in [-0.25, -0.2) is 0 Å². The molecule has 1 N–H and O–H groups in total. The first-order chi connectivity index (χ1) is 17.6. The number of methoxy groups -OCH3 is 1. The quantitative estimate of drug-likeness (QED) is 0.265. The lowest BCUT2D eigenvalue weighted by atomic mass is 9.94. The fourth-order valence-electron chi connectivity index (χ4n) is 5.31. The number of fused-ring (bicyclic) bond motifs is 4. The molecule has 1 atom stereocenters. The molecule has 1 aliphatic heterocycles. The minimum absolute atomic E-state index is 0.0519. The molecule has 1 aromatic heterocycles. The Morgan fingerprint density at radius 3 is 2.53 bits per heavy atom. The van der Waals surface area contributed by atoms with E-state index in [1.165, 1.54) is 0 Å². The van der Waals surface area contributed by atoms with Crippen LogP contribution in [0.5, 0.6) is 5.75 Å². The number of halogens is 1. The fraction of sp³-hybridized carbons (Fsp3) is 0.167. The van der Waals surface area contributed by atoms with Gasteiger partial charge in [0.2, 0.25) is 0 Å². The van der Waals surface area contributed by atoms with E-state index in [0.717, 1.165) is 50.1 Å². The molecule has 0 radical (unpaired) electrons. The number of aromatic nitrogens is 1. The van der Waals surface area contributed by atoms with Gasteiger partial charge in [0.05, 0.1) is 18.5 Å². The van der Waals surface area contributed by atoms with Crippen molar-refractivity contribution in [2.24, 2.45) is 0 Å². The van der Waals surface area contributed by atoms with E-state index in [9.17, 15) is 4.79 Å². The van der Waals surface area contributed by atoms with Gasteiger partial charge in [-0.15, -0.1) is 11.6 Å². The van der Waals surface area contributed by atoms with Crippen molar-refractivity contribution in [3.63, 3.8) is 0 Å². The van der Waals surface area contributed by atoms with Crippen LogP contribution in [0.3, 0.4) is 0 Å². The van der Waals surface area contributed by atoms with Crippen LogP contribution in [0.15, 0.2) is 84.9 Å². The SMILES string of the molecule is COc1ccc2[nH]c(C(=O)N3CC(CCl)c4c3cc(N(C)c3ccccc3)c3ccccc43)cc2c1. The van der Waals surface area contributed by atoms with Gasteiger partial charge in [-0.2, -0.15) is 0 Å². The van der Waals surface area contributed by atoms with Crippen molar-refractivity contribution in [2.75, 3.05) is 36.4 Å². The van der Waals surface area contributed by atoms with Gasteiger partial charge in [-0.3, -0.25) is 4.79 Å². The van der Waals surface area contributed by atoms with Crippen LogP contribution < -0.4 is 14.5 Å². The van der Waals surface area contributed by atoms with Gasteiger partial charge >= 0.3 is 0 Å². The van der Waals surface area contributed by atoms with E-state index >= 15 is 0 Å². The molecule has 1 aliphatic rings. The molecule has 4 aromatic carbocycles. The molecular formula is C30H26ClN3O2. The van der Waals surface area contributed by atoms with Gasteiger partial charge in [-0.1, -0.05) is 42.5 Å². The molecule has 5 aromatic rings. The first kappa shape index (κ1) is 22.5. The number of rotatable bonds is 5. The number of anilines is 3. The van der Waals surface area contributed by atoms with Gasteiger partial charge in [0.25, 0.3) is 5.91 Å². The molecular weight excluding hydrogens is 470 g/mol. The van der Waals surface area contributed by atoms with Gasteiger partial charge in [-0.05, 0) is 53.4 Å². The van der Waals surface area contributed by atoms with Gasteiger partial charge in [0, 0.05) is 47.4 Å². The largest absolute Gasteiger partial charge is 0.497 e. The Bertz CT molecular complexity index is 1590. The number of carbonyl (C=O) groups excluding carboxylic acids is 1. The Balaban J connectivity index is 1.50. The maximum atomic E-state index is 13.9. The Morgan fingerprint density at radius 1 is 1.03 bits per heavy atom. The summed E-state index contributed by atoms with van der Waals surface area (Å²) in [6.07, 6.45) is 0. The minimum atomic E-state index is -0.0670. The maximum Gasteiger partial charge on any atom is 0.274 e. The van der Waals surface area contributed by atoms with Crippen molar-refractivity contribution < 1.29 is 9.53 Å². The molecule has 0 saturated heterocycles. The molecule has 6 rings (SSSR count). The standard InChI is InChI=1S/C30H26ClN3O2/c1-33(21-8-4-3-5-9-21)27-16-28-29(24-11-7-6-10-23(24)27)20(17-31)18-34(28)30(35)26-15-19-14-22(36-2)12-13-25(19)32-26/h3-16,20,32H,17-18H2,1-2H3. The number of alkyl halides is 1. The molecule has 0 fully saturated rings. The van der Waals surface area contributed by atoms with Crippen molar-refractivity contribution in [2.45, 2.75) is 5.92 Å². The zero-order chi connectivity index (χ0) is 24.8. The van der Waals surface area contributed by atoms with Crippen LogP contribution in [-0.2, 0) is 0 Å². The second kappa shape index (κ2) is 8.92. The van der Waals surface area contributed by atoms with Crippen LogP contribution in [0.2, 0.25) is 0 Å². The predicted octanol–water partition coefficient (Wildman–Crippen LogP) is 7.08. The van der Waals surface area contributed by atoms with Crippen molar-refractivity contribution in [1.82, 2.24) is 4.98 Å². The summed E-state index contributed by atoms with van der Waals surface area (Å²) in [4.78, 5) is 21.2. The normalized spacial score (nSPS) is 14.9. The Hall–Kier alpha value is -3.96. The van der Waals surface area contributed by atoms with Crippen molar-refractivity contribution in [3.05, 3.63) is 96.2 Å². The Labute approximate surface area is 214 Å². The first-order valence-electron chi connectivity index (χ1n) is 12.0. The molecule has 0 saturated carbocycles. The topological polar surface area (TPSA) is 48.6 Å². The zero-order valence-electron chi connectivity index (χ0n) is 20.2. The Morgan fingerprint density at radius 2 is 1.78 bits per heavy atom. The molecule has 0 spiro atoms. The van der Waals surface area contributed by atoms with Crippen LogP contribution in [0.25, 0.3) is 21.7 Å². The number of hydrogen-bond donors (Lipinski definition) is 1. The highest BCUT2D eigenvalue weighted by Crippen LogP contribution is 2.47. The van der Waals surface area contributed by atoms with E-state index in [2.05, 4.69) is 59.4 Å². The van der Waals surface area contributed by atoms with Crippen molar-refractivity contribution in [3.8, 4) is 5.75 Å². The number of ether oxygens (including phenoxy) is 1. The number of carbonyl (C=O) groups is 1. The number of H-pyrrole nitrogens is 1. The molecule has 0 aliphatic carbocycles. The maximum absolute atomic E-state index is 13.9. The molecule has 0 bridgehead atoms. The summed E-state index contributed by atoms with van der Waals surface area (Å²) in [5.41, 5.74) is 5.62. The summed E-state index contributed by atoms with van der Waals surface area (Å²) in [7, 11) is 3.70. The van der Waals surface area contributed by atoms with E-state index in [1.54, 1.807) is 7.11 Å². The number of aromatic amines is 1. The predicted molar refractivity (Wildman–Crippen MR) is 148 cm³/mol. The van der Waals surface area contributed by atoms with Gasteiger partial charge in [0.15, 0.2) is 0 Å². The summed E-state index contributed by atoms with van der Waals surface area (Å²) >= 11 is 6.48. The zero-order valence-corrected chi connectivity index (χ0v) is 20.9. The molecule has 180 valence electrons. The van der Waals surface area contributed by atoms with E-state index in [0.29, 0.717) is 18.1 Å². The fourth-order valence-corrected chi connectivity index (χ4v) is 5.56. The average molecular weight is 496 g/mol. The highest BCUT2D eigenvalue weighted by atomic mass is 35.5. The van der Waals surface area contributed by atoms with Gasteiger partial charge < -0.3 is 19.5 Å². The second-order valence-electron chi connectivity index (χ2n) is 9.17. The molecule has 5 nitrogen and oxygen atoms in total. The third-order valence-corrected chi connectivity index (χ3v) is 7.51. The minimum Gasteiger partial charge on any atom is -0.497 e. The summed E-state index contributed by atoms with van der Waals surface area (Å²) in [5.74, 6) is 1.19. The van der Waals surface area contributed by atoms with Gasteiger partial charge in [0.1, 0.15) is 11.4 Å². The number of benzene rings is 4. The van der Waals surface area contributed by atoms with Crippen LogP contribution in [0, 0.1) is 0 Å². The summed E-state index contributed by atoms with van der Waals surface area (Å²) < 4.78 is 5.35. The molecule has 6 heteroatoms. The molecule has 1 unspecified atom stereocenters. The summed E-state index contributed by atoms with van der Waals surface area (Å²) in [6, 6.07) is 28.4. The monoisotopic (exact) mass is 495 g/mol. The lowest BCUT2D eigenvalue weighted by Gasteiger charge is -2.25. The second-order valence-corrected chi connectivity index (χ2v) is 9.48. The van der Waals surface area contributed by atoms with Crippen molar-refractivity contribution >= 4 is 56.2 Å². The number of nitrogens with one attached hydrogen (secondary N) is 1. The highest BCUT2D eigenvalue weighted by molar-refractivity contribution is 6.19. The summed E-state index contributed by atoms with van der Waals surface area (Å²) in [6.45, 7) is 0.541. The lowest BCUT2D eigenvalue weighted by Crippen LogP contribution is -2.30. The van der Waals surface area contributed by atoms with E-state index in [-0.39, 0.29) is 11.8 Å². The first-order valence-corrected chi connectivity index (χ1v) is 12.5. The number of amides is 1. The molecule has 36 heavy (non-hydrogen) atoms. The lowest BCUT2D eigenvalue weighted by molar-refractivity contribution is 0.0984. The smallest absolute Gasteiger partial charge is 0.274 e. The van der Waals surface area contributed by atoms with E-state index in [1.807, 2.05) is 47.4 Å².